The Kier molecular flexibility index (Phi) is 9.51. The number of rotatable bonds is 7. The number of amides is 1. The summed E-state index contributed by atoms with van der Waals surface area (Å²) in [6.45, 7) is 7.27. The fourth-order valence-corrected chi connectivity index (χ4v) is 2.85. The van der Waals surface area contributed by atoms with Crippen molar-refractivity contribution < 1.29 is 9.21 Å². The second-order valence-corrected chi connectivity index (χ2v) is 6.94. The van der Waals surface area contributed by atoms with Crippen molar-refractivity contribution in [3.05, 3.63) is 71.6 Å². The fourth-order valence-electron chi connectivity index (χ4n) is 2.85. The van der Waals surface area contributed by atoms with E-state index in [2.05, 4.69) is 25.9 Å². The summed E-state index contributed by atoms with van der Waals surface area (Å²) in [7, 11) is 0. The molecule has 0 spiro atoms. The maximum atomic E-state index is 11.2. The van der Waals surface area contributed by atoms with Crippen LogP contribution in [0, 0.1) is 6.92 Å². The van der Waals surface area contributed by atoms with Crippen molar-refractivity contribution in [3.63, 3.8) is 0 Å². The second kappa shape index (κ2) is 12.1. The summed E-state index contributed by atoms with van der Waals surface area (Å²) in [6, 6.07) is 15.7. The smallest absolute Gasteiger partial charge is 0.226 e. The molecule has 0 bridgehead atoms. The average Bonchev–Trinajstić information content (AvgIpc) is 3.19. The molecule has 0 saturated carbocycles. The summed E-state index contributed by atoms with van der Waals surface area (Å²) in [5.74, 6) is 1.19. The highest BCUT2D eigenvalue weighted by molar-refractivity contribution is 14.0. The van der Waals surface area contributed by atoms with Crippen molar-refractivity contribution >= 4 is 41.5 Å². The van der Waals surface area contributed by atoms with Crippen LogP contribution in [0.4, 0.5) is 5.69 Å². The second-order valence-electron chi connectivity index (χ2n) is 6.94. The third kappa shape index (κ3) is 7.71. The number of oxazole rings is 1. The molecule has 7 nitrogen and oxygen atoms in total. The summed E-state index contributed by atoms with van der Waals surface area (Å²) in [5, 5.41) is 9.29. The predicted molar refractivity (Wildman–Crippen MR) is 134 cm³/mol. The summed E-state index contributed by atoms with van der Waals surface area (Å²) in [6.07, 6.45) is 1.66. The number of carbonyl (C=O) groups excluding carboxylic acids is 1. The molecule has 0 atom stereocenters. The van der Waals surface area contributed by atoms with E-state index in [1.165, 1.54) is 12.5 Å². The molecule has 3 aromatic rings. The van der Waals surface area contributed by atoms with Crippen LogP contribution in [-0.4, -0.2) is 23.4 Å². The van der Waals surface area contributed by atoms with Crippen molar-refractivity contribution in [2.24, 2.45) is 4.99 Å². The number of hydrogen-bond acceptors (Lipinski definition) is 4. The number of benzene rings is 2. The molecule has 0 aliphatic rings. The molecule has 0 fully saturated rings. The van der Waals surface area contributed by atoms with Crippen molar-refractivity contribution in [2.45, 2.75) is 33.9 Å². The normalized spacial score (nSPS) is 10.9. The summed E-state index contributed by atoms with van der Waals surface area (Å²) in [5.41, 5.74) is 4.71. The molecule has 0 aliphatic carbocycles. The molecule has 3 rings (SSSR count). The molecule has 164 valence electrons. The Labute approximate surface area is 199 Å². The number of guanidine groups is 1. The Balaban J connectivity index is 0.00000341. The van der Waals surface area contributed by atoms with Gasteiger partial charge in [-0.25, -0.2) is 9.98 Å². The van der Waals surface area contributed by atoms with Gasteiger partial charge in [-0.15, -0.1) is 24.0 Å². The molecule has 3 N–H and O–H groups in total. The average molecular weight is 533 g/mol. The van der Waals surface area contributed by atoms with E-state index in [4.69, 9.17) is 4.42 Å². The Morgan fingerprint density at radius 3 is 2.61 bits per heavy atom. The van der Waals surface area contributed by atoms with E-state index in [-0.39, 0.29) is 29.9 Å². The lowest BCUT2D eigenvalue weighted by molar-refractivity contribution is -0.114. The number of nitrogens with zero attached hydrogens (tertiary/aromatic N) is 2. The summed E-state index contributed by atoms with van der Waals surface area (Å²) < 4.78 is 5.61. The molecule has 0 radical (unpaired) electrons. The van der Waals surface area contributed by atoms with E-state index in [9.17, 15) is 4.79 Å². The zero-order valence-electron chi connectivity index (χ0n) is 17.9. The van der Waals surface area contributed by atoms with Crippen LogP contribution in [0.15, 0.2) is 64.2 Å². The number of aromatic nitrogens is 1. The van der Waals surface area contributed by atoms with Gasteiger partial charge in [0.1, 0.15) is 6.26 Å². The number of anilines is 1. The number of hydrogen-bond donors (Lipinski definition) is 3. The number of aliphatic imine (C=N–C) groups is 1. The Morgan fingerprint density at radius 2 is 1.90 bits per heavy atom. The molecular weight excluding hydrogens is 505 g/mol. The van der Waals surface area contributed by atoms with Gasteiger partial charge in [0.15, 0.2) is 5.96 Å². The lowest BCUT2D eigenvalue weighted by Gasteiger charge is -2.10. The van der Waals surface area contributed by atoms with Gasteiger partial charge in [-0.3, -0.25) is 4.79 Å². The first-order valence-electron chi connectivity index (χ1n) is 9.93. The Morgan fingerprint density at radius 1 is 1.13 bits per heavy atom. The standard InChI is InChI=1S/C23H27N5O2.HI/c1-4-24-23(25-13-18-6-5-7-20(12-18)27-17(3)29)26-14-21-15-30-22(28-21)19-10-8-16(2)9-11-19;/h5-12,15H,4,13-14H2,1-3H3,(H,27,29)(H2,24,25,26);1H. The SMILES string of the molecule is CCNC(=NCc1cccc(NC(C)=O)c1)NCc1coc(-c2ccc(C)cc2)n1.I. The van der Waals surface area contributed by atoms with E-state index in [1.807, 2.05) is 62.4 Å². The molecule has 31 heavy (non-hydrogen) atoms. The summed E-state index contributed by atoms with van der Waals surface area (Å²) >= 11 is 0. The van der Waals surface area contributed by atoms with E-state index < -0.39 is 0 Å². The highest BCUT2D eigenvalue weighted by Crippen LogP contribution is 2.19. The monoisotopic (exact) mass is 533 g/mol. The quantitative estimate of drug-likeness (QED) is 0.237. The topological polar surface area (TPSA) is 91.5 Å². The Bertz CT molecular complexity index is 1010. The fraction of sp³-hybridized carbons (Fsp3) is 0.261. The lowest BCUT2D eigenvalue weighted by atomic mass is 10.1. The maximum Gasteiger partial charge on any atom is 0.226 e. The third-order valence-electron chi connectivity index (χ3n) is 4.30. The first kappa shape index (κ1) is 24.4. The molecule has 1 aromatic heterocycles. The first-order valence-corrected chi connectivity index (χ1v) is 9.93. The van der Waals surface area contributed by atoms with Crippen LogP contribution in [0.25, 0.3) is 11.5 Å². The highest BCUT2D eigenvalue weighted by Gasteiger charge is 2.07. The van der Waals surface area contributed by atoms with Crippen LogP contribution < -0.4 is 16.0 Å². The molecule has 8 heteroatoms. The molecule has 0 unspecified atom stereocenters. The van der Waals surface area contributed by atoms with Gasteiger partial charge in [0.2, 0.25) is 11.8 Å². The largest absolute Gasteiger partial charge is 0.444 e. The van der Waals surface area contributed by atoms with Crippen LogP contribution in [0.2, 0.25) is 0 Å². The van der Waals surface area contributed by atoms with Crippen molar-refractivity contribution in [2.75, 3.05) is 11.9 Å². The molecule has 2 aromatic carbocycles. The van der Waals surface area contributed by atoms with Gasteiger partial charge in [-0.2, -0.15) is 0 Å². The van der Waals surface area contributed by atoms with Crippen LogP contribution >= 0.6 is 24.0 Å². The van der Waals surface area contributed by atoms with Gasteiger partial charge in [-0.05, 0) is 43.7 Å². The predicted octanol–water partition coefficient (Wildman–Crippen LogP) is 4.48. The van der Waals surface area contributed by atoms with Crippen molar-refractivity contribution in [1.29, 1.82) is 0 Å². The lowest BCUT2D eigenvalue weighted by Crippen LogP contribution is -2.36. The van der Waals surface area contributed by atoms with E-state index in [0.717, 1.165) is 29.1 Å². The minimum atomic E-state index is -0.0942. The minimum absolute atomic E-state index is 0. The number of halogens is 1. The van der Waals surface area contributed by atoms with E-state index >= 15 is 0 Å². The first-order chi connectivity index (χ1) is 14.5. The van der Waals surface area contributed by atoms with E-state index in [1.54, 1.807) is 6.26 Å². The molecule has 0 aliphatic heterocycles. The van der Waals surface area contributed by atoms with Gasteiger partial charge >= 0.3 is 0 Å². The molecule has 1 amide bonds. The van der Waals surface area contributed by atoms with Gasteiger partial charge in [0.05, 0.1) is 18.8 Å². The van der Waals surface area contributed by atoms with Gasteiger partial charge in [0, 0.05) is 24.7 Å². The molecular formula is C23H28IN5O2. The van der Waals surface area contributed by atoms with Crippen LogP contribution in [-0.2, 0) is 17.9 Å². The zero-order valence-corrected chi connectivity index (χ0v) is 20.3. The number of nitrogens with one attached hydrogen (secondary N) is 3. The van der Waals surface area contributed by atoms with Gasteiger partial charge in [-0.1, -0.05) is 29.8 Å². The minimum Gasteiger partial charge on any atom is -0.444 e. The van der Waals surface area contributed by atoms with Crippen molar-refractivity contribution in [1.82, 2.24) is 15.6 Å². The van der Waals surface area contributed by atoms with Gasteiger partial charge < -0.3 is 20.4 Å². The molecule has 1 heterocycles. The summed E-state index contributed by atoms with van der Waals surface area (Å²) in [4.78, 5) is 20.4. The zero-order chi connectivity index (χ0) is 21.3. The maximum absolute atomic E-state index is 11.2. The van der Waals surface area contributed by atoms with E-state index in [0.29, 0.717) is 24.9 Å². The van der Waals surface area contributed by atoms with Crippen LogP contribution in [0.5, 0.6) is 0 Å². The molecule has 0 saturated heterocycles. The highest BCUT2D eigenvalue weighted by atomic mass is 127. The van der Waals surface area contributed by atoms with Gasteiger partial charge in [0.25, 0.3) is 0 Å². The Hall–Kier alpha value is -2.88. The number of carbonyl (C=O) groups is 1. The third-order valence-corrected chi connectivity index (χ3v) is 4.30. The van der Waals surface area contributed by atoms with Crippen LogP contribution in [0.1, 0.15) is 30.7 Å². The van der Waals surface area contributed by atoms with Crippen molar-refractivity contribution in [3.8, 4) is 11.5 Å². The number of aryl methyl sites for hydroxylation is 1. The van der Waals surface area contributed by atoms with Crippen LogP contribution in [0.3, 0.4) is 0 Å².